The summed E-state index contributed by atoms with van der Waals surface area (Å²) in [7, 11) is -9.49. The van der Waals surface area contributed by atoms with E-state index in [1.807, 2.05) is 47.0 Å². The molecule has 0 radical (unpaired) electrons. The second-order valence-electron chi connectivity index (χ2n) is 15.1. The highest BCUT2D eigenvalue weighted by atomic mass is 32.2. The van der Waals surface area contributed by atoms with Crippen molar-refractivity contribution in [1.29, 1.82) is 0 Å². The van der Waals surface area contributed by atoms with Crippen LogP contribution in [-0.2, 0) is 27.9 Å². The molecule has 2 aliphatic heterocycles. The van der Waals surface area contributed by atoms with Crippen molar-refractivity contribution < 1.29 is 31.0 Å². The third-order valence-electron chi connectivity index (χ3n) is 9.85. The SMILES string of the molecule is Cc1cn([C@@H]2O[C@H](CO[Si](C)(C)C(C)(C)C)[C@@]3(OS(=O)(=O)C=C3N)[C@H]2O[Si](C)(C)C(C)(C)C)c(=O)n(C(=O)c2ccccc2)c1=O. The molecule has 2 aliphatic rings. The molecule has 2 N–H and O–H groups in total. The third kappa shape index (κ3) is 6.30. The van der Waals surface area contributed by atoms with Gasteiger partial charge in [0.25, 0.3) is 21.6 Å². The molecule has 0 saturated carbocycles. The molecule has 0 amide bonds. The Hall–Kier alpha value is -2.67. The van der Waals surface area contributed by atoms with Gasteiger partial charge in [0.1, 0.15) is 12.2 Å². The minimum absolute atomic E-state index is 0.0806. The second-order valence-corrected chi connectivity index (χ2v) is 26.1. The molecular weight excluding hydrogens is 647 g/mol. The van der Waals surface area contributed by atoms with E-state index in [4.69, 9.17) is 23.5 Å². The highest BCUT2D eigenvalue weighted by Crippen LogP contribution is 2.52. The van der Waals surface area contributed by atoms with Crippen molar-refractivity contribution in [2.45, 2.75) is 109 Å². The Labute approximate surface area is 272 Å². The molecule has 1 aromatic carbocycles. The summed E-state index contributed by atoms with van der Waals surface area (Å²) in [6.45, 7) is 21.6. The minimum Gasteiger partial charge on any atom is -0.414 e. The summed E-state index contributed by atoms with van der Waals surface area (Å²) in [5.74, 6) is -0.820. The number of aromatic nitrogens is 2. The Morgan fingerprint density at radius 1 is 1.00 bits per heavy atom. The van der Waals surface area contributed by atoms with E-state index in [9.17, 15) is 22.8 Å². The van der Waals surface area contributed by atoms with Gasteiger partial charge in [-0.05, 0) is 55.3 Å². The second kappa shape index (κ2) is 11.8. The Bertz CT molecular complexity index is 1770. The lowest BCUT2D eigenvalue weighted by Gasteiger charge is -2.43. The van der Waals surface area contributed by atoms with Crippen LogP contribution in [-0.4, -0.2) is 64.5 Å². The molecule has 1 saturated heterocycles. The molecule has 0 unspecified atom stereocenters. The lowest BCUT2D eigenvalue weighted by atomic mass is 9.89. The summed E-state index contributed by atoms with van der Waals surface area (Å²) in [5, 5.41) is 0.280. The molecule has 4 atom stereocenters. The molecule has 12 nitrogen and oxygen atoms in total. The highest BCUT2D eigenvalue weighted by molar-refractivity contribution is 7.90. The standard InChI is InChI=1S/C31H47N3O9SSi2/c1-20-17-33(28(37)34(25(20)35)26(36)21-15-13-12-14-16-21)27-24(42-46(10,11)30(5,6)7)31(22(32)19-44(38,39)43-31)23(41-27)18-40-45(8,9)29(2,3)4/h12-17,19,23-24,27H,18,32H2,1-11H3/t23-,24+,27-,31-/m1/s1. The van der Waals surface area contributed by atoms with Gasteiger partial charge < -0.3 is 19.3 Å². The Kier molecular flexibility index (Phi) is 9.27. The topological polar surface area (TPSA) is 158 Å². The summed E-state index contributed by atoms with van der Waals surface area (Å²) in [4.78, 5) is 41.0. The van der Waals surface area contributed by atoms with Crippen LogP contribution in [0, 0.1) is 6.92 Å². The molecular formula is C31H47N3O9SSi2. The van der Waals surface area contributed by atoms with Crippen LogP contribution in [0.25, 0.3) is 0 Å². The molecule has 0 aliphatic carbocycles. The average molecular weight is 694 g/mol. The van der Waals surface area contributed by atoms with Gasteiger partial charge in [0, 0.05) is 17.3 Å². The fraction of sp³-hybridized carbons (Fsp3) is 0.581. The van der Waals surface area contributed by atoms with Crippen molar-refractivity contribution in [3.8, 4) is 0 Å². The summed E-state index contributed by atoms with van der Waals surface area (Å²) in [6.07, 6.45) is -2.50. The molecule has 1 spiro atoms. The number of benzene rings is 1. The van der Waals surface area contributed by atoms with E-state index >= 15 is 0 Å². The number of carbonyl (C=O) groups excluding carboxylic acids is 1. The minimum atomic E-state index is -4.29. The third-order valence-corrected chi connectivity index (χ3v) is 19.9. The van der Waals surface area contributed by atoms with E-state index in [-0.39, 0.29) is 33.5 Å². The first-order chi connectivity index (χ1) is 20.9. The van der Waals surface area contributed by atoms with Gasteiger partial charge in [-0.3, -0.25) is 14.2 Å². The van der Waals surface area contributed by atoms with Crippen molar-refractivity contribution in [3.05, 3.63) is 79.6 Å². The van der Waals surface area contributed by atoms with Crippen LogP contribution in [0.3, 0.4) is 0 Å². The molecule has 3 heterocycles. The van der Waals surface area contributed by atoms with Crippen LogP contribution in [0.4, 0.5) is 0 Å². The molecule has 4 rings (SSSR count). The fourth-order valence-corrected chi connectivity index (χ4v) is 8.49. The van der Waals surface area contributed by atoms with E-state index in [0.717, 1.165) is 9.98 Å². The highest BCUT2D eigenvalue weighted by Gasteiger charge is 2.67. The number of aryl methyl sites for hydroxylation is 1. The van der Waals surface area contributed by atoms with Crippen LogP contribution >= 0.6 is 0 Å². The smallest absolute Gasteiger partial charge is 0.340 e. The summed E-state index contributed by atoms with van der Waals surface area (Å²) in [5.41, 5.74) is 2.93. The quantitative estimate of drug-likeness (QED) is 0.329. The number of hydrogen-bond donors (Lipinski definition) is 1. The first-order valence-corrected chi connectivity index (χ1v) is 22.5. The molecule has 1 fully saturated rings. The predicted octanol–water partition coefficient (Wildman–Crippen LogP) is 4.22. The molecule has 2 aromatic rings. The number of hydrogen-bond acceptors (Lipinski definition) is 10. The van der Waals surface area contributed by atoms with Crippen molar-refractivity contribution in [3.63, 3.8) is 0 Å². The Morgan fingerprint density at radius 2 is 1.57 bits per heavy atom. The summed E-state index contributed by atoms with van der Waals surface area (Å²) in [6, 6.07) is 7.96. The van der Waals surface area contributed by atoms with Crippen LogP contribution in [0.1, 0.15) is 63.7 Å². The predicted molar refractivity (Wildman–Crippen MR) is 180 cm³/mol. The van der Waals surface area contributed by atoms with Crippen molar-refractivity contribution in [2.24, 2.45) is 5.73 Å². The van der Waals surface area contributed by atoms with Gasteiger partial charge in [-0.15, -0.1) is 0 Å². The largest absolute Gasteiger partial charge is 0.414 e. The van der Waals surface area contributed by atoms with Gasteiger partial charge in [0.15, 0.2) is 28.5 Å². The Morgan fingerprint density at radius 3 is 2.07 bits per heavy atom. The lowest BCUT2D eigenvalue weighted by molar-refractivity contribution is -0.0566. The molecule has 46 heavy (non-hydrogen) atoms. The van der Waals surface area contributed by atoms with Crippen molar-refractivity contribution in [2.75, 3.05) is 6.61 Å². The Balaban J connectivity index is 1.97. The zero-order valence-electron chi connectivity index (χ0n) is 28.5. The van der Waals surface area contributed by atoms with E-state index < -0.39 is 67.9 Å². The molecule has 254 valence electrons. The number of nitrogens with zero attached hydrogens (tertiary/aromatic N) is 2. The number of nitrogens with two attached hydrogens (primary N) is 1. The molecule has 1 aromatic heterocycles. The summed E-state index contributed by atoms with van der Waals surface area (Å²) >= 11 is 0. The van der Waals surface area contributed by atoms with Crippen LogP contribution in [0.15, 0.2) is 57.2 Å². The van der Waals surface area contributed by atoms with Crippen molar-refractivity contribution >= 4 is 32.7 Å². The van der Waals surface area contributed by atoms with Crippen LogP contribution in [0.5, 0.6) is 0 Å². The fourth-order valence-electron chi connectivity index (χ4n) is 4.98. The van der Waals surface area contributed by atoms with E-state index in [1.54, 1.807) is 18.2 Å². The lowest BCUT2D eigenvalue weighted by Crippen LogP contribution is -2.59. The molecule has 15 heteroatoms. The van der Waals surface area contributed by atoms with Gasteiger partial charge in [0.2, 0.25) is 0 Å². The van der Waals surface area contributed by atoms with E-state index in [2.05, 4.69) is 20.8 Å². The maximum absolute atomic E-state index is 14.2. The van der Waals surface area contributed by atoms with E-state index in [1.165, 1.54) is 25.3 Å². The zero-order chi connectivity index (χ0) is 34.8. The zero-order valence-corrected chi connectivity index (χ0v) is 31.4. The van der Waals surface area contributed by atoms with Gasteiger partial charge in [-0.1, -0.05) is 59.7 Å². The number of carbonyl (C=O) groups is 1. The van der Waals surface area contributed by atoms with Crippen LogP contribution in [0.2, 0.25) is 36.3 Å². The number of ether oxygens (including phenoxy) is 1. The first-order valence-electron chi connectivity index (χ1n) is 15.2. The monoisotopic (exact) mass is 693 g/mol. The van der Waals surface area contributed by atoms with Crippen LogP contribution < -0.4 is 17.0 Å². The van der Waals surface area contributed by atoms with Crippen molar-refractivity contribution in [1.82, 2.24) is 9.13 Å². The maximum atomic E-state index is 14.2. The average Bonchev–Trinajstić information content (AvgIpc) is 3.35. The normalized spacial score (nSPS) is 25.2. The van der Waals surface area contributed by atoms with Gasteiger partial charge in [0.05, 0.1) is 17.7 Å². The maximum Gasteiger partial charge on any atom is 0.340 e. The van der Waals surface area contributed by atoms with E-state index in [0.29, 0.717) is 4.57 Å². The molecule has 0 bridgehead atoms. The first kappa shape index (κ1) is 36.2. The van der Waals surface area contributed by atoms with Gasteiger partial charge >= 0.3 is 5.69 Å². The van der Waals surface area contributed by atoms with Gasteiger partial charge in [-0.25, -0.2) is 8.98 Å². The summed E-state index contributed by atoms with van der Waals surface area (Å²) < 4.78 is 53.6. The number of rotatable bonds is 7. The van der Waals surface area contributed by atoms with Gasteiger partial charge in [-0.2, -0.15) is 13.0 Å².